The predicted octanol–water partition coefficient (Wildman–Crippen LogP) is -1.75. The Labute approximate surface area is 169 Å². The summed E-state index contributed by atoms with van der Waals surface area (Å²) in [6, 6.07) is 0. The minimum Gasteiger partial charge on any atom is -0.501 e. The van der Waals surface area contributed by atoms with Crippen molar-refractivity contribution < 1.29 is 51.4 Å². The second-order valence-electron chi connectivity index (χ2n) is 6.13. The maximum atomic E-state index is 14.8. The summed E-state index contributed by atoms with van der Waals surface area (Å²) >= 11 is 0. The Bertz CT molecular complexity index is 1410. The number of allylic oxidation sites excluding steroid dienone is 1. The highest BCUT2D eigenvalue weighted by molar-refractivity contribution is 7.90. The molecule has 2 heterocycles. The van der Waals surface area contributed by atoms with E-state index in [1.54, 1.807) is 0 Å². The van der Waals surface area contributed by atoms with Crippen molar-refractivity contribution in [3.05, 3.63) is 33.5 Å². The summed E-state index contributed by atoms with van der Waals surface area (Å²) in [6.07, 6.45) is -0.120. The highest BCUT2D eigenvalue weighted by Crippen LogP contribution is 2.35. The fourth-order valence-corrected chi connectivity index (χ4v) is 4.44. The van der Waals surface area contributed by atoms with Gasteiger partial charge in [-0.1, -0.05) is 10.4 Å². The van der Waals surface area contributed by atoms with Crippen LogP contribution in [0.4, 0.5) is 8.78 Å². The molecular formula is C15H10F2N4O9S. The molecule has 164 valence electrons. The number of ketones is 1. The molecule has 0 saturated heterocycles. The SMILES string of the molecule is Cc1noc(C)c1S(=O)(=O)n1nnc2c1=CC(F)(F)C(=C(O)C(=O)O)C=2C(=O)C(=O)O. The maximum absolute atomic E-state index is 14.8. The Balaban J connectivity index is 2.53. The first-order valence-electron chi connectivity index (χ1n) is 7.92. The molecule has 2 aromatic rings. The summed E-state index contributed by atoms with van der Waals surface area (Å²) in [5.41, 5.74) is -3.56. The normalized spacial score (nSPS) is 17.0. The maximum Gasteiger partial charge on any atom is 0.377 e. The van der Waals surface area contributed by atoms with Crippen molar-refractivity contribution >= 4 is 39.4 Å². The quantitative estimate of drug-likeness (QED) is 0.258. The minimum absolute atomic E-state index is 0.00744. The molecule has 16 heteroatoms. The van der Waals surface area contributed by atoms with Crippen LogP contribution in [0.25, 0.3) is 11.6 Å². The van der Waals surface area contributed by atoms with Gasteiger partial charge in [0.1, 0.15) is 16.4 Å². The molecule has 3 N–H and O–H groups in total. The smallest absolute Gasteiger partial charge is 0.377 e. The van der Waals surface area contributed by atoms with E-state index in [0.717, 1.165) is 0 Å². The van der Waals surface area contributed by atoms with E-state index >= 15 is 0 Å². The number of rotatable bonds is 5. The number of nitrogens with zero attached hydrogens (tertiary/aromatic N) is 4. The molecule has 3 rings (SSSR count). The fraction of sp³-hybridized carbons (Fsp3) is 0.200. The van der Waals surface area contributed by atoms with Crippen LogP contribution in [0, 0.1) is 13.8 Å². The molecule has 13 nitrogen and oxygen atoms in total. The summed E-state index contributed by atoms with van der Waals surface area (Å²) in [4.78, 5) is 33.8. The number of aromatic nitrogens is 4. The number of carbonyl (C=O) groups excluding carboxylic acids is 1. The summed E-state index contributed by atoms with van der Waals surface area (Å²) in [7, 11) is -4.77. The van der Waals surface area contributed by atoms with Crippen molar-refractivity contribution in [2.75, 3.05) is 0 Å². The monoisotopic (exact) mass is 460 g/mol. The van der Waals surface area contributed by atoms with E-state index in [1.807, 2.05) is 0 Å². The second-order valence-corrected chi connectivity index (χ2v) is 7.83. The predicted molar refractivity (Wildman–Crippen MR) is 90.6 cm³/mol. The van der Waals surface area contributed by atoms with Crippen LogP contribution in [-0.2, 0) is 24.4 Å². The molecule has 0 bridgehead atoms. The number of carbonyl (C=O) groups is 3. The molecule has 0 unspecified atom stereocenters. The van der Waals surface area contributed by atoms with Crippen LogP contribution in [-0.4, -0.2) is 66.9 Å². The third-order valence-corrected chi connectivity index (χ3v) is 5.95. The Hall–Kier alpha value is -3.95. The highest BCUT2D eigenvalue weighted by atomic mass is 32.2. The second kappa shape index (κ2) is 6.79. The van der Waals surface area contributed by atoms with E-state index in [2.05, 4.69) is 15.5 Å². The minimum atomic E-state index is -4.77. The van der Waals surface area contributed by atoms with Gasteiger partial charge in [0.2, 0.25) is 5.76 Å². The molecule has 1 aliphatic rings. The molecule has 0 radical (unpaired) electrons. The lowest BCUT2D eigenvalue weighted by atomic mass is 9.90. The van der Waals surface area contributed by atoms with Crippen molar-refractivity contribution in [3.63, 3.8) is 0 Å². The van der Waals surface area contributed by atoms with E-state index in [0.29, 0.717) is 0 Å². The number of hydrogen-bond acceptors (Lipinski definition) is 10. The first-order chi connectivity index (χ1) is 14.2. The highest BCUT2D eigenvalue weighted by Gasteiger charge is 2.47. The average Bonchev–Trinajstić information content (AvgIpc) is 3.21. The number of alkyl halides is 2. The number of aliphatic carboxylic acids is 2. The molecule has 0 spiro atoms. The molecule has 0 aliphatic heterocycles. The van der Waals surface area contributed by atoms with Gasteiger partial charge in [0, 0.05) is 6.08 Å². The lowest BCUT2D eigenvalue weighted by molar-refractivity contribution is -0.146. The zero-order chi connectivity index (χ0) is 23.5. The van der Waals surface area contributed by atoms with Gasteiger partial charge in [-0.15, -0.1) is 9.19 Å². The first-order valence-corrected chi connectivity index (χ1v) is 9.36. The van der Waals surface area contributed by atoms with Gasteiger partial charge in [0.05, 0.1) is 11.1 Å². The van der Waals surface area contributed by atoms with E-state index in [1.165, 1.54) is 13.8 Å². The lowest BCUT2D eigenvalue weighted by Gasteiger charge is -2.20. The molecule has 1 aliphatic carbocycles. The van der Waals surface area contributed by atoms with Crippen LogP contribution in [0.3, 0.4) is 0 Å². The summed E-state index contributed by atoms with van der Waals surface area (Å²) in [6.45, 7) is 2.45. The number of carboxylic acid groups (broad SMARTS) is 2. The van der Waals surface area contributed by atoms with Gasteiger partial charge in [0.15, 0.2) is 10.7 Å². The van der Waals surface area contributed by atoms with Crippen LogP contribution in [0.2, 0.25) is 0 Å². The van der Waals surface area contributed by atoms with Crippen LogP contribution in [0.1, 0.15) is 11.5 Å². The van der Waals surface area contributed by atoms with E-state index in [-0.39, 0.29) is 21.6 Å². The summed E-state index contributed by atoms with van der Waals surface area (Å²) < 4.78 is 60.2. The largest absolute Gasteiger partial charge is 0.501 e. The summed E-state index contributed by atoms with van der Waals surface area (Å²) in [5.74, 6) is -13.4. The van der Waals surface area contributed by atoms with Crippen molar-refractivity contribution in [1.82, 2.24) is 19.6 Å². The number of halogens is 2. The molecule has 0 atom stereocenters. The third-order valence-electron chi connectivity index (χ3n) is 4.13. The van der Waals surface area contributed by atoms with Crippen molar-refractivity contribution in [3.8, 4) is 0 Å². The lowest BCUT2D eigenvalue weighted by Crippen LogP contribution is -2.46. The zero-order valence-electron chi connectivity index (χ0n) is 15.3. The van der Waals surface area contributed by atoms with Crippen LogP contribution >= 0.6 is 0 Å². The van der Waals surface area contributed by atoms with Gasteiger partial charge in [-0.2, -0.15) is 17.2 Å². The third kappa shape index (κ3) is 3.16. The van der Waals surface area contributed by atoms with E-state index in [9.17, 15) is 36.7 Å². The number of fused-ring (bicyclic) bond motifs is 1. The summed E-state index contributed by atoms with van der Waals surface area (Å²) in [5, 5.41) is 35.4. The van der Waals surface area contributed by atoms with Gasteiger partial charge in [-0.3, -0.25) is 4.79 Å². The Kier molecular flexibility index (Phi) is 4.77. The number of hydrogen-bond donors (Lipinski definition) is 3. The van der Waals surface area contributed by atoms with E-state index < -0.39 is 66.2 Å². The van der Waals surface area contributed by atoms with Crippen LogP contribution < -0.4 is 10.7 Å². The Morgan fingerprint density at radius 3 is 2.23 bits per heavy atom. The number of carboxylic acids is 2. The Morgan fingerprint density at radius 1 is 1.13 bits per heavy atom. The van der Waals surface area contributed by atoms with Crippen molar-refractivity contribution in [2.24, 2.45) is 0 Å². The topological polar surface area (TPSA) is 203 Å². The number of aryl methyl sites for hydroxylation is 2. The van der Waals surface area contributed by atoms with Gasteiger partial charge in [0.25, 0.3) is 21.7 Å². The Morgan fingerprint density at radius 2 is 1.74 bits per heavy atom. The molecule has 0 aromatic carbocycles. The van der Waals surface area contributed by atoms with Crippen LogP contribution in [0.15, 0.2) is 20.8 Å². The molecule has 0 amide bonds. The fourth-order valence-electron chi connectivity index (χ4n) is 2.92. The zero-order valence-corrected chi connectivity index (χ0v) is 16.1. The van der Waals surface area contributed by atoms with Crippen molar-refractivity contribution in [1.29, 1.82) is 0 Å². The van der Waals surface area contributed by atoms with Gasteiger partial charge >= 0.3 is 11.9 Å². The average molecular weight is 460 g/mol. The molecule has 31 heavy (non-hydrogen) atoms. The van der Waals surface area contributed by atoms with Gasteiger partial charge < -0.3 is 19.8 Å². The number of aliphatic hydroxyl groups excluding tert-OH is 1. The van der Waals surface area contributed by atoms with Gasteiger partial charge in [-0.25, -0.2) is 9.59 Å². The molecule has 0 fully saturated rings. The molecular weight excluding hydrogens is 450 g/mol. The number of aliphatic hydroxyl groups is 1. The number of Topliss-reactive ketones (excluding diaryl/α,β-unsaturated/α-hetero) is 1. The standard InChI is InChI=1S/C15H10F2N4O9S/c1-4-12(5(2)30-19-4)31(28,29)21-6-3-15(16,17)8(11(23)14(26)27)7(9(6)18-20-21)10(22)13(24)25/h3,23H,1-2H3,(H,24,25)(H,26,27). The molecule has 0 saturated carbocycles. The van der Waals surface area contributed by atoms with Crippen molar-refractivity contribution in [2.45, 2.75) is 24.7 Å². The van der Waals surface area contributed by atoms with Crippen LogP contribution in [0.5, 0.6) is 0 Å². The molecule has 2 aromatic heterocycles. The first kappa shape index (κ1) is 21.8. The van der Waals surface area contributed by atoms with E-state index in [4.69, 9.17) is 14.7 Å². The van der Waals surface area contributed by atoms with Gasteiger partial charge in [-0.05, 0) is 13.8 Å².